The highest BCUT2D eigenvalue weighted by molar-refractivity contribution is 5.76. The lowest BCUT2D eigenvalue weighted by Crippen LogP contribution is -2.34. The van der Waals surface area contributed by atoms with Crippen LogP contribution >= 0.6 is 0 Å². The zero-order valence-corrected chi connectivity index (χ0v) is 11.4. The molecule has 0 bridgehead atoms. The largest absolute Gasteiger partial charge is 0.480 e. The van der Waals surface area contributed by atoms with Gasteiger partial charge in [-0.15, -0.1) is 0 Å². The summed E-state index contributed by atoms with van der Waals surface area (Å²) >= 11 is 0. The van der Waals surface area contributed by atoms with Crippen LogP contribution in [0.2, 0.25) is 0 Å². The highest BCUT2D eigenvalue weighted by Gasteiger charge is 2.29. The Hall–Kier alpha value is -1.75. The molecule has 0 spiro atoms. The summed E-state index contributed by atoms with van der Waals surface area (Å²) < 4.78 is 10.6. The summed E-state index contributed by atoms with van der Waals surface area (Å²) in [5.74, 6) is 0.531. The minimum Gasteiger partial charge on any atom is -0.480 e. The number of carboxylic acids is 1. The van der Waals surface area contributed by atoms with E-state index in [9.17, 15) is 9.90 Å². The molecular weight excluding hydrogens is 258 g/mol. The van der Waals surface area contributed by atoms with Crippen LogP contribution < -0.4 is 9.47 Å². The Balaban J connectivity index is 1.87. The molecular formula is C15H19NO4. The van der Waals surface area contributed by atoms with E-state index in [1.807, 2.05) is 6.07 Å². The number of rotatable bonds is 3. The molecule has 0 saturated carbocycles. The molecule has 20 heavy (non-hydrogen) atoms. The highest BCUT2D eigenvalue weighted by Crippen LogP contribution is 2.36. The Morgan fingerprint density at radius 3 is 2.50 bits per heavy atom. The SMILES string of the molecule is O=C(O)C(c1ccc2c(c1)OCO2)N1CCCCCC1. The third-order valence-corrected chi connectivity index (χ3v) is 3.95. The number of carbonyl (C=O) groups is 1. The van der Waals surface area contributed by atoms with E-state index in [1.54, 1.807) is 12.1 Å². The second-order valence-electron chi connectivity index (χ2n) is 5.30. The van der Waals surface area contributed by atoms with E-state index >= 15 is 0 Å². The summed E-state index contributed by atoms with van der Waals surface area (Å²) in [6.07, 6.45) is 4.50. The van der Waals surface area contributed by atoms with Crippen LogP contribution in [0.4, 0.5) is 0 Å². The van der Waals surface area contributed by atoms with Crippen molar-refractivity contribution < 1.29 is 19.4 Å². The Labute approximate surface area is 118 Å². The van der Waals surface area contributed by atoms with Crippen molar-refractivity contribution in [3.05, 3.63) is 23.8 Å². The first-order chi connectivity index (χ1) is 9.75. The fourth-order valence-corrected chi connectivity index (χ4v) is 2.95. The van der Waals surface area contributed by atoms with Gasteiger partial charge in [0.2, 0.25) is 6.79 Å². The van der Waals surface area contributed by atoms with Crippen molar-refractivity contribution in [2.45, 2.75) is 31.7 Å². The van der Waals surface area contributed by atoms with Gasteiger partial charge in [-0.1, -0.05) is 18.9 Å². The summed E-state index contributed by atoms with van der Waals surface area (Å²) in [6.45, 7) is 1.89. The second kappa shape index (κ2) is 5.71. The molecule has 1 atom stereocenters. The Kier molecular flexibility index (Phi) is 3.78. The molecule has 1 aromatic carbocycles. The van der Waals surface area contributed by atoms with E-state index in [0.29, 0.717) is 11.5 Å². The lowest BCUT2D eigenvalue weighted by Gasteiger charge is -2.27. The normalized spacial score (nSPS) is 20.4. The summed E-state index contributed by atoms with van der Waals surface area (Å²) in [5, 5.41) is 9.61. The minimum absolute atomic E-state index is 0.209. The van der Waals surface area contributed by atoms with E-state index in [-0.39, 0.29) is 6.79 Å². The predicted molar refractivity (Wildman–Crippen MR) is 73.0 cm³/mol. The number of hydrogen-bond donors (Lipinski definition) is 1. The molecule has 0 amide bonds. The Morgan fingerprint density at radius 2 is 1.80 bits per heavy atom. The average Bonchev–Trinajstić information content (AvgIpc) is 2.73. The van der Waals surface area contributed by atoms with Crippen molar-refractivity contribution in [2.75, 3.05) is 19.9 Å². The minimum atomic E-state index is -0.800. The van der Waals surface area contributed by atoms with E-state index in [0.717, 1.165) is 31.5 Å². The summed E-state index contributed by atoms with van der Waals surface area (Å²) in [7, 11) is 0. The van der Waals surface area contributed by atoms with Crippen molar-refractivity contribution in [2.24, 2.45) is 0 Å². The molecule has 108 valence electrons. The zero-order chi connectivity index (χ0) is 13.9. The number of nitrogens with zero attached hydrogens (tertiary/aromatic N) is 1. The molecule has 1 aromatic rings. The van der Waals surface area contributed by atoms with Gasteiger partial charge < -0.3 is 14.6 Å². The Bertz CT molecular complexity index is 495. The molecule has 3 rings (SSSR count). The van der Waals surface area contributed by atoms with Crippen LogP contribution in [0.25, 0.3) is 0 Å². The van der Waals surface area contributed by atoms with Gasteiger partial charge in [-0.3, -0.25) is 9.69 Å². The van der Waals surface area contributed by atoms with Crippen LogP contribution in [0.3, 0.4) is 0 Å². The van der Waals surface area contributed by atoms with Crippen LogP contribution in [0.15, 0.2) is 18.2 Å². The fraction of sp³-hybridized carbons (Fsp3) is 0.533. The van der Waals surface area contributed by atoms with Crippen LogP contribution in [-0.4, -0.2) is 35.9 Å². The maximum atomic E-state index is 11.7. The maximum Gasteiger partial charge on any atom is 0.325 e. The van der Waals surface area contributed by atoms with E-state index < -0.39 is 12.0 Å². The number of aliphatic carboxylic acids is 1. The van der Waals surface area contributed by atoms with Gasteiger partial charge in [-0.2, -0.15) is 0 Å². The van der Waals surface area contributed by atoms with Crippen molar-refractivity contribution in [1.82, 2.24) is 4.90 Å². The molecule has 0 radical (unpaired) electrons. The van der Waals surface area contributed by atoms with Gasteiger partial charge in [0.15, 0.2) is 11.5 Å². The third kappa shape index (κ3) is 2.58. The third-order valence-electron chi connectivity index (χ3n) is 3.95. The molecule has 1 fully saturated rings. The summed E-state index contributed by atoms with van der Waals surface area (Å²) in [5.41, 5.74) is 0.767. The van der Waals surface area contributed by atoms with Crippen LogP contribution in [-0.2, 0) is 4.79 Å². The monoisotopic (exact) mass is 277 g/mol. The molecule has 1 saturated heterocycles. The van der Waals surface area contributed by atoms with Gasteiger partial charge in [0.1, 0.15) is 6.04 Å². The van der Waals surface area contributed by atoms with Gasteiger partial charge >= 0.3 is 5.97 Å². The lowest BCUT2D eigenvalue weighted by molar-refractivity contribution is -0.143. The fourth-order valence-electron chi connectivity index (χ4n) is 2.95. The smallest absolute Gasteiger partial charge is 0.325 e. The quantitative estimate of drug-likeness (QED) is 0.919. The molecule has 2 aliphatic heterocycles. The van der Waals surface area contributed by atoms with Gasteiger partial charge in [0, 0.05) is 0 Å². The van der Waals surface area contributed by atoms with Crippen molar-refractivity contribution in [3.8, 4) is 11.5 Å². The van der Waals surface area contributed by atoms with Gasteiger partial charge in [-0.05, 0) is 43.6 Å². The molecule has 1 N–H and O–H groups in total. The summed E-state index contributed by atoms with van der Waals surface area (Å²) in [6, 6.07) is 4.83. The van der Waals surface area contributed by atoms with Crippen molar-refractivity contribution >= 4 is 5.97 Å². The number of ether oxygens (including phenoxy) is 2. The first-order valence-electron chi connectivity index (χ1n) is 7.12. The van der Waals surface area contributed by atoms with Crippen molar-refractivity contribution in [1.29, 1.82) is 0 Å². The molecule has 1 unspecified atom stereocenters. The Morgan fingerprint density at radius 1 is 1.10 bits per heavy atom. The molecule has 2 heterocycles. The van der Waals surface area contributed by atoms with Crippen LogP contribution in [0.5, 0.6) is 11.5 Å². The molecule has 0 aliphatic carbocycles. The number of hydrogen-bond acceptors (Lipinski definition) is 4. The highest BCUT2D eigenvalue weighted by atomic mass is 16.7. The first-order valence-corrected chi connectivity index (χ1v) is 7.12. The number of fused-ring (bicyclic) bond motifs is 1. The average molecular weight is 277 g/mol. The molecule has 2 aliphatic rings. The molecule has 5 heteroatoms. The standard InChI is InChI=1S/C15H19NO4/c17-15(18)14(16-7-3-1-2-4-8-16)11-5-6-12-13(9-11)20-10-19-12/h5-6,9,14H,1-4,7-8,10H2,(H,17,18). The number of carboxylic acid groups (broad SMARTS) is 1. The lowest BCUT2D eigenvalue weighted by atomic mass is 10.0. The predicted octanol–water partition coefficient (Wildman–Crippen LogP) is 2.42. The number of benzene rings is 1. The van der Waals surface area contributed by atoms with Gasteiger partial charge in [0.05, 0.1) is 0 Å². The molecule has 5 nitrogen and oxygen atoms in total. The summed E-state index contributed by atoms with van der Waals surface area (Å²) in [4.78, 5) is 13.8. The maximum absolute atomic E-state index is 11.7. The van der Waals surface area contributed by atoms with Gasteiger partial charge in [0.25, 0.3) is 0 Å². The second-order valence-corrected chi connectivity index (χ2v) is 5.30. The van der Waals surface area contributed by atoms with Crippen LogP contribution in [0, 0.1) is 0 Å². The zero-order valence-electron chi connectivity index (χ0n) is 11.4. The number of likely N-dealkylation sites (tertiary alicyclic amines) is 1. The van der Waals surface area contributed by atoms with E-state index in [4.69, 9.17) is 9.47 Å². The van der Waals surface area contributed by atoms with E-state index in [2.05, 4.69) is 4.90 Å². The van der Waals surface area contributed by atoms with Crippen LogP contribution in [0.1, 0.15) is 37.3 Å². The van der Waals surface area contributed by atoms with Gasteiger partial charge in [-0.25, -0.2) is 0 Å². The van der Waals surface area contributed by atoms with E-state index in [1.165, 1.54) is 12.8 Å². The van der Waals surface area contributed by atoms with Crippen molar-refractivity contribution in [3.63, 3.8) is 0 Å². The topological polar surface area (TPSA) is 59.0 Å². The molecule has 0 aromatic heterocycles. The first kappa shape index (κ1) is 13.2.